The summed E-state index contributed by atoms with van der Waals surface area (Å²) in [6, 6.07) is 10.5. The molecule has 1 amide bonds. The Morgan fingerprint density at radius 2 is 2.11 bits per heavy atom. The second-order valence-electron chi connectivity index (χ2n) is 3.87. The van der Waals surface area contributed by atoms with E-state index in [4.69, 9.17) is 0 Å². The first-order chi connectivity index (χ1) is 9.04. The van der Waals surface area contributed by atoms with Crippen LogP contribution in [0.5, 0.6) is 0 Å². The van der Waals surface area contributed by atoms with E-state index in [1.165, 1.54) is 10.6 Å². The lowest BCUT2D eigenvalue weighted by atomic mass is 10.3. The molecule has 0 aliphatic rings. The van der Waals surface area contributed by atoms with E-state index < -0.39 is 0 Å². The number of rotatable bonds is 3. The van der Waals surface area contributed by atoms with Crippen LogP contribution < -0.4 is 10.9 Å². The Bertz CT molecular complexity index is 670. The summed E-state index contributed by atoms with van der Waals surface area (Å²) >= 11 is 5.44. The lowest BCUT2D eigenvalue weighted by molar-refractivity contribution is -0.116. The molecule has 0 bridgehead atoms. The lowest BCUT2D eigenvalue weighted by Gasteiger charge is -2.08. The van der Waals surface area contributed by atoms with Crippen LogP contribution in [0.3, 0.4) is 0 Å². The monoisotopic (exact) mass is 432 g/mol. The van der Waals surface area contributed by atoms with E-state index in [9.17, 15) is 9.59 Å². The molecule has 1 aromatic carbocycles. The van der Waals surface area contributed by atoms with Gasteiger partial charge in [0.25, 0.3) is 5.56 Å². The quantitative estimate of drug-likeness (QED) is 0.758. The molecule has 0 saturated carbocycles. The number of benzene rings is 1. The van der Waals surface area contributed by atoms with Gasteiger partial charge in [-0.1, -0.05) is 6.07 Å². The molecule has 0 spiro atoms. The van der Waals surface area contributed by atoms with Gasteiger partial charge in [0.05, 0.1) is 0 Å². The molecule has 1 aromatic heterocycles. The third kappa shape index (κ3) is 4.17. The molecule has 1 heterocycles. The molecule has 19 heavy (non-hydrogen) atoms. The number of pyridine rings is 1. The summed E-state index contributed by atoms with van der Waals surface area (Å²) < 4.78 is 3.15. The molecule has 0 fully saturated rings. The minimum absolute atomic E-state index is 0.0102. The molecule has 0 aliphatic heterocycles. The maximum Gasteiger partial charge on any atom is 0.251 e. The van der Waals surface area contributed by atoms with Crippen LogP contribution in [0.1, 0.15) is 0 Å². The number of nitrogens with one attached hydrogen (secondary N) is 1. The van der Waals surface area contributed by atoms with E-state index in [-0.39, 0.29) is 18.0 Å². The van der Waals surface area contributed by atoms with E-state index >= 15 is 0 Å². The van der Waals surface area contributed by atoms with Crippen LogP contribution in [-0.4, -0.2) is 10.5 Å². The van der Waals surface area contributed by atoms with Crippen molar-refractivity contribution in [3.63, 3.8) is 0 Å². The van der Waals surface area contributed by atoms with Crippen LogP contribution in [0.15, 0.2) is 51.9 Å². The van der Waals surface area contributed by atoms with Gasteiger partial charge in [-0.25, -0.2) is 0 Å². The maximum absolute atomic E-state index is 11.9. The van der Waals surface area contributed by atoms with E-state index in [1.807, 2.05) is 24.3 Å². The van der Waals surface area contributed by atoms with Crippen LogP contribution in [0.4, 0.5) is 5.69 Å². The fourth-order valence-electron chi connectivity index (χ4n) is 1.55. The fraction of sp³-hybridized carbons (Fsp3) is 0.0769. The van der Waals surface area contributed by atoms with Crippen LogP contribution in [-0.2, 0) is 11.3 Å². The van der Waals surface area contributed by atoms with Crippen molar-refractivity contribution in [2.45, 2.75) is 6.54 Å². The number of amides is 1. The molecule has 2 rings (SSSR count). The highest BCUT2D eigenvalue weighted by Gasteiger charge is 2.05. The van der Waals surface area contributed by atoms with E-state index in [1.54, 1.807) is 12.3 Å². The molecule has 1 N–H and O–H groups in total. The molecule has 0 aliphatic carbocycles. The number of carbonyl (C=O) groups is 1. The standard InChI is InChI=1S/C13H10BrIN2O2/c14-9-4-5-13(19)17(7-9)8-12(18)16-11-3-1-2-10(15)6-11/h1-7H,8H2,(H,16,18). The number of hydrogen-bond donors (Lipinski definition) is 1. The number of halogens is 2. The van der Waals surface area contributed by atoms with Gasteiger partial charge in [0.1, 0.15) is 6.54 Å². The van der Waals surface area contributed by atoms with Gasteiger partial charge in [0, 0.05) is 26.0 Å². The minimum atomic E-state index is -0.234. The van der Waals surface area contributed by atoms with Crippen LogP contribution >= 0.6 is 38.5 Å². The molecule has 0 radical (unpaired) electrons. The molecule has 98 valence electrons. The Morgan fingerprint density at radius 3 is 2.84 bits per heavy atom. The molecule has 0 atom stereocenters. The van der Waals surface area contributed by atoms with Crippen molar-refractivity contribution in [1.82, 2.24) is 4.57 Å². The highest BCUT2D eigenvalue weighted by atomic mass is 127. The van der Waals surface area contributed by atoms with Gasteiger partial charge in [-0.05, 0) is 62.8 Å². The highest BCUT2D eigenvalue weighted by molar-refractivity contribution is 14.1. The zero-order valence-corrected chi connectivity index (χ0v) is 13.5. The molecule has 6 heteroatoms. The van der Waals surface area contributed by atoms with Crippen LogP contribution in [0.25, 0.3) is 0 Å². The van der Waals surface area contributed by atoms with Crippen molar-refractivity contribution in [3.8, 4) is 0 Å². The zero-order chi connectivity index (χ0) is 13.8. The highest BCUT2D eigenvalue weighted by Crippen LogP contribution is 2.12. The fourth-order valence-corrected chi connectivity index (χ4v) is 2.47. The van der Waals surface area contributed by atoms with Crippen molar-refractivity contribution in [2.75, 3.05) is 5.32 Å². The van der Waals surface area contributed by atoms with E-state index in [2.05, 4.69) is 43.8 Å². The molecule has 4 nitrogen and oxygen atoms in total. The topological polar surface area (TPSA) is 51.1 Å². The Hall–Kier alpha value is -1.15. The van der Waals surface area contributed by atoms with Gasteiger partial charge in [0.2, 0.25) is 5.91 Å². The van der Waals surface area contributed by atoms with Gasteiger partial charge in [-0.3, -0.25) is 9.59 Å². The second kappa shape index (κ2) is 6.33. The van der Waals surface area contributed by atoms with Gasteiger partial charge in [-0.2, -0.15) is 0 Å². The van der Waals surface area contributed by atoms with Crippen molar-refractivity contribution >= 4 is 50.1 Å². The number of carbonyl (C=O) groups excluding carboxylic acids is 1. The number of aromatic nitrogens is 1. The van der Waals surface area contributed by atoms with Crippen LogP contribution in [0, 0.1) is 3.57 Å². The van der Waals surface area contributed by atoms with Gasteiger partial charge >= 0.3 is 0 Å². The molecule has 2 aromatic rings. The maximum atomic E-state index is 11.9. The van der Waals surface area contributed by atoms with Crippen molar-refractivity contribution in [3.05, 3.63) is 61.0 Å². The first-order valence-corrected chi connectivity index (χ1v) is 7.33. The SMILES string of the molecule is O=C(Cn1cc(Br)ccc1=O)Nc1cccc(I)c1. The predicted octanol–water partition coefficient (Wildman–Crippen LogP) is 2.85. The number of nitrogens with zero attached hydrogens (tertiary/aromatic N) is 1. The van der Waals surface area contributed by atoms with Gasteiger partial charge in [-0.15, -0.1) is 0 Å². The molecule has 0 unspecified atom stereocenters. The van der Waals surface area contributed by atoms with Crippen LogP contribution in [0.2, 0.25) is 0 Å². The second-order valence-corrected chi connectivity index (χ2v) is 6.03. The summed E-state index contributed by atoms with van der Waals surface area (Å²) in [4.78, 5) is 23.4. The molecular formula is C13H10BrIN2O2. The average Bonchev–Trinajstić information content (AvgIpc) is 2.34. The van der Waals surface area contributed by atoms with Gasteiger partial charge < -0.3 is 9.88 Å². The Labute approximate surface area is 132 Å². The van der Waals surface area contributed by atoms with Gasteiger partial charge in [0.15, 0.2) is 0 Å². The minimum Gasteiger partial charge on any atom is -0.325 e. The van der Waals surface area contributed by atoms with E-state index in [0.29, 0.717) is 0 Å². The predicted molar refractivity (Wildman–Crippen MR) is 86.2 cm³/mol. The Morgan fingerprint density at radius 1 is 1.32 bits per heavy atom. The lowest BCUT2D eigenvalue weighted by Crippen LogP contribution is -2.26. The largest absolute Gasteiger partial charge is 0.325 e. The summed E-state index contributed by atoms with van der Waals surface area (Å²) in [6.07, 6.45) is 1.59. The van der Waals surface area contributed by atoms with Crippen molar-refractivity contribution in [1.29, 1.82) is 0 Å². The molecule has 0 saturated heterocycles. The van der Waals surface area contributed by atoms with E-state index in [0.717, 1.165) is 13.7 Å². The number of anilines is 1. The summed E-state index contributed by atoms with van der Waals surface area (Å²) in [5, 5.41) is 2.76. The smallest absolute Gasteiger partial charge is 0.251 e. The summed E-state index contributed by atoms with van der Waals surface area (Å²) in [5.74, 6) is -0.234. The summed E-state index contributed by atoms with van der Waals surface area (Å²) in [5.41, 5.74) is 0.515. The molecular weight excluding hydrogens is 423 g/mol. The first-order valence-electron chi connectivity index (χ1n) is 5.46. The van der Waals surface area contributed by atoms with Crippen molar-refractivity contribution < 1.29 is 4.79 Å². The third-order valence-corrected chi connectivity index (χ3v) is 3.51. The average molecular weight is 433 g/mol. The Balaban J connectivity index is 2.09. The summed E-state index contributed by atoms with van der Waals surface area (Å²) in [7, 11) is 0. The Kier molecular flexibility index (Phi) is 4.76. The zero-order valence-electron chi connectivity index (χ0n) is 9.77. The summed E-state index contributed by atoms with van der Waals surface area (Å²) in [6.45, 7) is -0.0102. The van der Waals surface area contributed by atoms with Crippen molar-refractivity contribution in [2.24, 2.45) is 0 Å². The number of hydrogen-bond acceptors (Lipinski definition) is 2. The third-order valence-electron chi connectivity index (χ3n) is 2.37. The normalized spacial score (nSPS) is 10.2. The first kappa shape index (κ1) is 14.3.